The number of nitrogens with zero attached hydrogens (tertiary/aromatic N) is 2. The monoisotopic (exact) mass is 274 g/mol. The van der Waals surface area contributed by atoms with Gasteiger partial charge in [0.25, 0.3) is 0 Å². The third-order valence-corrected chi connectivity index (χ3v) is 2.84. The van der Waals surface area contributed by atoms with Gasteiger partial charge in [-0.25, -0.2) is 8.14 Å². The maximum atomic E-state index is 4.36. The van der Waals surface area contributed by atoms with Crippen molar-refractivity contribution in [1.29, 1.82) is 0 Å². The van der Waals surface area contributed by atoms with Gasteiger partial charge in [0.15, 0.2) is 5.82 Å². The predicted octanol–water partition coefficient (Wildman–Crippen LogP) is 3.55. The van der Waals surface area contributed by atoms with Gasteiger partial charge in [-0.05, 0) is 29.6 Å². The lowest BCUT2D eigenvalue weighted by Crippen LogP contribution is -1.71. The van der Waals surface area contributed by atoms with Crippen molar-refractivity contribution in [3.8, 4) is 0 Å². The molecule has 0 saturated carbocycles. The molecule has 0 aromatic heterocycles. The summed E-state index contributed by atoms with van der Waals surface area (Å²) in [4.78, 5) is 4.18. The number of aliphatic imine (C=N–C) groups is 1. The minimum absolute atomic E-state index is 0.178. The van der Waals surface area contributed by atoms with Gasteiger partial charge in [-0.3, -0.25) is 0 Å². The highest BCUT2D eigenvalue weighted by Crippen LogP contribution is 2.11. The lowest BCUT2D eigenvalue weighted by atomic mass is 10.4. The molecule has 1 aliphatic heterocycles. The van der Waals surface area contributed by atoms with E-state index in [0.717, 1.165) is 12.2 Å². The first kappa shape index (κ1) is 9.51. The minimum Gasteiger partial charge on any atom is -0.237 e. The van der Waals surface area contributed by atoms with Crippen LogP contribution in [0.5, 0.6) is 0 Å². The normalized spacial score (nSPS) is 32.2. The van der Waals surface area contributed by atoms with E-state index in [0.29, 0.717) is 0 Å². The second-order valence-corrected chi connectivity index (χ2v) is 3.89. The molecule has 1 aliphatic rings. The number of halogens is 1. The third kappa shape index (κ3) is 3.71. The van der Waals surface area contributed by atoms with Crippen LogP contribution in [0.1, 0.15) is 13.3 Å². The summed E-state index contributed by atoms with van der Waals surface area (Å²) in [6.07, 6.45) is 10.9. The van der Waals surface area contributed by atoms with E-state index in [1.165, 1.54) is 0 Å². The van der Waals surface area contributed by atoms with E-state index in [1.807, 2.05) is 19.1 Å². The zero-order valence-electron chi connectivity index (χ0n) is 6.94. The van der Waals surface area contributed by atoms with Gasteiger partial charge < -0.3 is 0 Å². The van der Waals surface area contributed by atoms with Crippen molar-refractivity contribution >= 4 is 27.2 Å². The Morgan fingerprint density at radius 3 is 3.25 bits per heavy atom. The first-order valence-corrected chi connectivity index (χ1v) is 5.99. The Labute approximate surface area is 82.9 Å². The topological polar surface area (TPSA) is 24.7 Å². The summed E-state index contributed by atoms with van der Waals surface area (Å²) in [5, 5.41) is 0. The van der Waals surface area contributed by atoms with E-state index in [4.69, 9.17) is 0 Å². The standard InChI is InChI=1S/C9H11IN2/c1-2-9-11-8-6-4-3-5-7-10-12-9/h2,4-8H,3H2,1H3/b6-4-,7-5-,9-2+,11-8-. The maximum Gasteiger partial charge on any atom is 0.153 e. The fourth-order valence-electron chi connectivity index (χ4n) is 0.652. The summed E-state index contributed by atoms with van der Waals surface area (Å²) in [7, 11) is 0. The number of hydrogen-bond donors (Lipinski definition) is 0. The van der Waals surface area contributed by atoms with Gasteiger partial charge in [0.05, 0.1) is 0 Å². The highest BCUT2D eigenvalue weighted by atomic mass is 127. The Kier molecular flexibility index (Phi) is 4.75. The Balaban J connectivity index is 2.77. The Morgan fingerprint density at radius 1 is 1.50 bits per heavy atom. The summed E-state index contributed by atoms with van der Waals surface area (Å²) in [6.45, 7) is 1.96. The molecule has 0 aromatic rings. The van der Waals surface area contributed by atoms with Crippen molar-refractivity contribution in [2.24, 2.45) is 8.14 Å². The van der Waals surface area contributed by atoms with Crippen molar-refractivity contribution in [3.63, 3.8) is 0 Å². The Bertz CT molecular complexity index is 248. The van der Waals surface area contributed by atoms with Crippen molar-refractivity contribution in [1.82, 2.24) is 0 Å². The molecular formula is C9H11IN2. The third-order valence-electron chi connectivity index (χ3n) is 1.24. The molecule has 0 N–H and O–H groups in total. The molecule has 0 aliphatic carbocycles. The van der Waals surface area contributed by atoms with Crippen LogP contribution in [0, 0.1) is 0 Å². The molecule has 0 unspecified atom stereocenters. The highest BCUT2D eigenvalue weighted by molar-refractivity contribution is 14.2. The van der Waals surface area contributed by atoms with E-state index in [9.17, 15) is 0 Å². The zero-order chi connectivity index (χ0) is 8.65. The zero-order valence-corrected chi connectivity index (χ0v) is 9.10. The molecule has 12 heavy (non-hydrogen) atoms. The Hall–Kier alpha value is -0.580. The Morgan fingerprint density at radius 2 is 2.42 bits per heavy atom. The highest BCUT2D eigenvalue weighted by Gasteiger charge is 1.83. The van der Waals surface area contributed by atoms with Gasteiger partial charge in [-0.15, -0.1) is 0 Å². The lowest BCUT2D eigenvalue weighted by molar-refractivity contribution is 1.27. The number of hydrogen-bond acceptors (Lipinski definition) is 2. The van der Waals surface area contributed by atoms with Gasteiger partial charge in [0.2, 0.25) is 0 Å². The molecule has 0 radical (unpaired) electrons. The quantitative estimate of drug-likeness (QED) is 0.603. The average Bonchev–Trinajstić information content (AvgIpc) is 2.14. The van der Waals surface area contributed by atoms with E-state index >= 15 is 0 Å². The van der Waals surface area contributed by atoms with Crippen LogP contribution in [0.25, 0.3) is 0 Å². The second kappa shape index (κ2) is 5.99. The van der Waals surface area contributed by atoms with Gasteiger partial charge >= 0.3 is 0 Å². The summed E-state index contributed by atoms with van der Waals surface area (Å²) in [6, 6.07) is 0. The van der Waals surface area contributed by atoms with Crippen molar-refractivity contribution in [2.45, 2.75) is 13.3 Å². The SMILES string of the molecule is C/C=C1\N=C/C=C\C/C=C\I=N\1. The first-order chi connectivity index (χ1) is 5.93. The summed E-state index contributed by atoms with van der Waals surface area (Å²) in [5.41, 5.74) is 0. The summed E-state index contributed by atoms with van der Waals surface area (Å²) in [5.74, 6) is 0.846. The van der Waals surface area contributed by atoms with Crippen LogP contribution >= 0.6 is 21.0 Å². The van der Waals surface area contributed by atoms with Gasteiger partial charge in [-0.1, -0.05) is 12.2 Å². The van der Waals surface area contributed by atoms with E-state index in [2.05, 4.69) is 24.4 Å². The molecule has 1 rings (SSSR count). The van der Waals surface area contributed by atoms with E-state index < -0.39 is 0 Å². The molecule has 1 heterocycles. The molecule has 2 nitrogen and oxygen atoms in total. The fraction of sp³-hybridized carbons (Fsp3) is 0.222. The van der Waals surface area contributed by atoms with Gasteiger partial charge in [0, 0.05) is 27.2 Å². The largest absolute Gasteiger partial charge is 0.237 e. The second-order valence-electron chi connectivity index (χ2n) is 2.13. The van der Waals surface area contributed by atoms with E-state index in [1.54, 1.807) is 6.21 Å². The van der Waals surface area contributed by atoms with Crippen LogP contribution in [0.3, 0.4) is 0 Å². The van der Waals surface area contributed by atoms with Crippen molar-refractivity contribution in [2.75, 3.05) is 0 Å². The number of allylic oxidation sites excluding steroid dienone is 4. The first-order valence-electron chi connectivity index (χ1n) is 3.78. The van der Waals surface area contributed by atoms with Crippen LogP contribution in [-0.2, 0) is 0 Å². The molecule has 64 valence electrons. The molecule has 0 saturated heterocycles. The minimum atomic E-state index is -0.178. The van der Waals surface area contributed by atoms with Crippen LogP contribution < -0.4 is 0 Å². The van der Waals surface area contributed by atoms with Crippen LogP contribution in [0.15, 0.2) is 42.3 Å². The number of rotatable bonds is 0. The smallest absolute Gasteiger partial charge is 0.153 e. The fourth-order valence-corrected chi connectivity index (χ4v) is 2.02. The van der Waals surface area contributed by atoms with Crippen molar-refractivity contribution in [3.05, 3.63) is 34.2 Å². The van der Waals surface area contributed by atoms with Crippen LogP contribution in [0.4, 0.5) is 0 Å². The molecule has 0 bridgehead atoms. The van der Waals surface area contributed by atoms with Crippen molar-refractivity contribution < 1.29 is 0 Å². The molecule has 0 amide bonds. The maximum absolute atomic E-state index is 4.36. The summed E-state index contributed by atoms with van der Waals surface area (Å²) >= 11 is -0.178. The van der Waals surface area contributed by atoms with Crippen LogP contribution in [0.2, 0.25) is 0 Å². The van der Waals surface area contributed by atoms with Crippen LogP contribution in [-0.4, -0.2) is 6.21 Å². The molecule has 0 spiro atoms. The molecule has 0 atom stereocenters. The molecule has 0 aromatic carbocycles. The summed E-state index contributed by atoms with van der Waals surface area (Å²) < 4.78 is 6.52. The van der Waals surface area contributed by atoms with E-state index in [-0.39, 0.29) is 21.0 Å². The molecule has 3 heteroatoms. The molecule has 0 fully saturated rings. The van der Waals surface area contributed by atoms with Gasteiger partial charge in [-0.2, -0.15) is 0 Å². The lowest BCUT2D eigenvalue weighted by Gasteiger charge is -1.89. The molecular weight excluding hydrogens is 263 g/mol. The van der Waals surface area contributed by atoms with Gasteiger partial charge in [0.1, 0.15) is 0 Å². The average molecular weight is 274 g/mol. The predicted molar refractivity (Wildman–Crippen MR) is 61.6 cm³/mol.